The average molecular weight is 341 g/mol. The van der Waals surface area contributed by atoms with Gasteiger partial charge in [0.05, 0.1) is 12.8 Å². The van der Waals surface area contributed by atoms with Gasteiger partial charge in [-0.3, -0.25) is 0 Å². The van der Waals surface area contributed by atoms with E-state index >= 15 is 0 Å². The van der Waals surface area contributed by atoms with Crippen LogP contribution in [0.1, 0.15) is 36.7 Å². The second-order valence-corrected chi connectivity index (χ2v) is 6.88. The molecule has 1 aliphatic rings. The zero-order chi connectivity index (χ0) is 17.8. The lowest BCUT2D eigenvalue weighted by molar-refractivity contribution is 0.193. The minimum Gasteiger partial charge on any atom is -0.467 e. The Kier molecular flexibility index (Phi) is 5.31. The van der Waals surface area contributed by atoms with Gasteiger partial charge in [0.1, 0.15) is 5.76 Å². The molecule has 2 heterocycles. The molecule has 1 aliphatic heterocycles. The van der Waals surface area contributed by atoms with Crippen LogP contribution in [0.25, 0.3) is 0 Å². The molecular formula is C20H27N3O2. The third-order valence-corrected chi connectivity index (χ3v) is 4.77. The number of amides is 2. The van der Waals surface area contributed by atoms with Crippen molar-refractivity contribution >= 4 is 11.7 Å². The molecular weight excluding hydrogens is 314 g/mol. The van der Waals surface area contributed by atoms with Gasteiger partial charge in [-0.25, -0.2) is 4.79 Å². The van der Waals surface area contributed by atoms with E-state index in [1.54, 1.807) is 6.26 Å². The van der Waals surface area contributed by atoms with Gasteiger partial charge in [0.2, 0.25) is 0 Å². The van der Waals surface area contributed by atoms with Crippen molar-refractivity contribution in [2.45, 2.75) is 33.2 Å². The number of carbonyl (C=O) groups is 1. The van der Waals surface area contributed by atoms with E-state index in [0.29, 0.717) is 12.5 Å². The Morgan fingerprint density at radius 2 is 1.92 bits per heavy atom. The smallest absolute Gasteiger partial charge is 0.317 e. The van der Waals surface area contributed by atoms with E-state index in [9.17, 15) is 4.79 Å². The maximum Gasteiger partial charge on any atom is 0.317 e. The molecule has 5 heteroatoms. The SMILES string of the molecule is Cc1cccc(C(C)C)c1N1CCN(C(=O)NCc2ccco2)CC1. The minimum atomic E-state index is -0.0232. The Hall–Kier alpha value is -2.43. The van der Waals surface area contributed by atoms with Crippen LogP contribution in [0.5, 0.6) is 0 Å². The van der Waals surface area contributed by atoms with Crippen LogP contribution in [0.3, 0.4) is 0 Å². The molecule has 0 radical (unpaired) electrons. The molecule has 1 saturated heterocycles. The highest BCUT2D eigenvalue weighted by molar-refractivity contribution is 5.74. The summed E-state index contributed by atoms with van der Waals surface area (Å²) in [4.78, 5) is 16.6. The molecule has 0 unspecified atom stereocenters. The van der Waals surface area contributed by atoms with Crippen LogP contribution >= 0.6 is 0 Å². The van der Waals surface area contributed by atoms with Gasteiger partial charge in [0.15, 0.2) is 0 Å². The molecule has 2 aromatic rings. The number of rotatable bonds is 4. The van der Waals surface area contributed by atoms with Gasteiger partial charge in [0.25, 0.3) is 0 Å². The zero-order valence-electron chi connectivity index (χ0n) is 15.3. The first-order valence-corrected chi connectivity index (χ1v) is 8.96. The molecule has 0 saturated carbocycles. The van der Waals surface area contributed by atoms with Crippen molar-refractivity contribution < 1.29 is 9.21 Å². The molecule has 1 fully saturated rings. The van der Waals surface area contributed by atoms with Crippen molar-refractivity contribution in [2.24, 2.45) is 0 Å². The van der Waals surface area contributed by atoms with Crippen molar-refractivity contribution in [3.05, 3.63) is 53.5 Å². The number of urea groups is 1. The fraction of sp³-hybridized carbons (Fsp3) is 0.450. The summed E-state index contributed by atoms with van der Waals surface area (Å²) in [6, 6.07) is 10.2. The third kappa shape index (κ3) is 3.98. The predicted molar refractivity (Wildman–Crippen MR) is 100.0 cm³/mol. The van der Waals surface area contributed by atoms with E-state index in [1.807, 2.05) is 17.0 Å². The van der Waals surface area contributed by atoms with Crippen LogP contribution in [-0.2, 0) is 6.54 Å². The van der Waals surface area contributed by atoms with Crippen molar-refractivity contribution in [1.82, 2.24) is 10.2 Å². The monoisotopic (exact) mass is 341 g/mol. The fourth-order valence-electron chi connectivity index (χ4n) is 3.40. The number of carbonyl (C=O) groups excluding carboxylic acids is 1. The molecule has 3 rings (SSSR count). The number of para-hydroxylation sites is 1. The Morgan fingerprint density at radius 1 is 1.16 bits per heavy atom. The van der Waals surface area contributed by atoms with Gasteiger partial charge < -0.3 is 19.5 Å². The lowest BCUT2D eigenvalue weighted by Crippen LogP contribution is -2.52. The highest BCUT2D eigenvalue weighted by atomic mass is 16.3. The summed E-state index contributed by atoms with van der Waals surface area (Å²) < 4.78 is 5.25. The van der Waals surface area contributed by atoms with Crippen LogP contribution in [0.15, 0.2) is 41.0 Å². The first-order valence-electron chi connectivity index (χ1n) is 8.96. The van der Waals surface area contributed by atoms with Crippen molar-refractivity contribution in [2.75, 3.05) is 31.1 Å². The van der Waals surface area contributed by atoms with Crippen LogP contribution < -0.4 is 10.2 Å². The van der Waals surface area contributed by atoms with Crippen molar-refractivity contribution in [3.63, 3.8) is 0 Å². The Balaban J connectivity index is 1.59. The minimum absolute atomic E-state index is 0.0232. The van der Waals surface area contributed by atoms with Crippen LogP contribution in [0.2, 0.25) is 0 Å². The molecule has 2 amide bonds. The molecule has 1 aromatic carbocycles. The molecule has 0 aliphatic carbocycles. The zero-order valence-corrected chi connectivity index (χ0v) is 15.3. The van der Waals surface area contributed by atoms with Crippen LogP contribution in [0, 0.1) is 6.92 Å². The largest absolute Gasteiger partial charge is 0.467 e. The molecule has 0 bridgehead atoms. The second kappa shape index (κ2) is 7.64. The van der Waals surface area contributed by atoms with Gasteiger partial charge in [-0.15, -0.1) is 0 Å². The number of nitrogens with one attached hydrogen (secondary N) is 1. The normalized spacial score (nSPS) is 14.9. The summed E-state index contributed by atoms with van der Waals surface area (Å²) in [5.74, 6) is 1.26. The highest BCUT2D eigenvalue weighted by Crippen LogP contribution is 2.31. The topological polar surface area (TPSA) is 48.7 Å². The van der Waals surface area contributed by atoms with Crippen LogP contribution in [0.4, 0.5) is 10.5 Å². The summed E-state index contributed by atoms with van der Waals surface area (Å²) in [6.45, 7) is 10.3. The van der Waals surface area contributed by atoms with E-state index in [4.69, 9.17) is 4.42 Å². The number of benzene rings is 1. The predicted octanol–water partition coefficient (Wildman–Crippen LogP) is 3.74. The van der Waals surface area contributed by atoms with E-state index in [-0.39, 0.29) is 6.03 Å². The van der Waals surface area contributed by atoms with Crippen molar-refractivity contribution in [3.8, 4) is 0 Å². The number of furan rings is 1. The number of hydrogen-bond acceptors (Lipinski definition) is 3. The maximum atomic E-state index is 12.3. The van der Waals surface area contributed by atoms with E-state index < -0.39 is 0 Å². The first-order chi connectivity index (χ1) is 12.1. The molecule has 0 spiro atoms. The fourth-order valence-corrected chi connectivity index (χ4v) is 3.40. The van der Waals surface area contributed by atoms with E-state index in [1.165, 1.54) is 16.8 Å². The lowest BCUT2D eigenvalue weighted by atomic mass is 9.97. The summed E-state index contributed by atoms with van der Waals surface area (Å²) in [6.07, 6.45) is 1.62. The van der Waals surface area contributed by atoms with Gasteiger partial charge in [0, 0.05) is 31.9 Å². The molecule has 5 nitrogen and oxygen atoms in total. The van der Waals surface area contributed by atoms with Gasteiger partial charge >= 0.3 is 6.03 Å². The second-order valence-electron chi connectivity index (χ2n) is 6.88. The van der Waals surface area contributed by atoms with Crippen molar-refractivity contribution in [1.29, 1.82) is 0 Å². The molecule has 134 valence electrons. The number of hydrogen-bond donors (Lipinski definition) is 1. The summed E-state index contributed by atoms with van der Waals surface area (Å²) >= 11 is 0. The number of aryl methyl sites for hydroxylation is 1. The Labute approximate surface area is 149 Å². The molecule has 1 N–H and O–H groups in total. The highest BCUT2D eigenvalue weighted by Gasteiger charge is 2.24. The Morgan fingerprint density at radius 3 is 2.56 bits per heavy atom. The number of piperazine rings is 1. The molecule has 1 aromatic heterocycles. The molecule has 0 atom stereocenters. The first kappa shape index (κ1) is 17.4. The quantitative estimate of drug-likeness (QED) is 0.921. The van der Waals surface area contributed by atoms with Crippen LogP contribution in [-0.4, -0.2) is 37.1 Å². The van der Waals surface area contributed by atoms with Gasteiger partial charge in [-0.1, -0.05) is 32.0 Å². The summed E-state index contributed by atoms with van der Waals surface area (Å²) in [5, 5.41) is 2.93. The maximum absolute atomic E-state index is 12.3. The number of nitrogens with zero attached hydrogens (tertiary/aromatic N) is 2. The Bertz CT molecular complexity index is 702. The molecule has 25 heavy (non-hydrogen) atoms. The summed E-state index contributed by atoms with van der Waals surface area (Å²) in [5.41, 5.74) is 4.03. The van der Waals surface area contributed by atoms with Gasteiger partial charge in [-0.2, -0.15) is 0 Å². The van der Waals surface area contributed by atoms with Gasteiger partial charge in [-0.05, 0) is 36.1 Å². The number of anilines is 1. The average Bonchev–Trinajstić information content (AvgIpc) is 3.13. The standard InChI is InChI=1S/C20H27N3O2/c1-15(2)18-8-4-6-16(3)19(18)22-9-11-23(12-10-22)20(24)21-14-17-7-5-13-25-17/h4-8,13,15H,9-12,14H2,1-3H3,(H,21,24). The van der Waals surface area contributed by atoms with E-state index in [2.05, 4.69) is 49.2 Å². The summed E-state index contributed by atoms with van der Waals surface area (Å²) in [7, 11) is 0. The third-order valence-electron chi connectivity index (χ3n) is 4.77. The lowest BCUT2D eigenvalue weighted by Gasteiger charge is -2.38. The van der Waals surface area contributed by atoms with E-state index in [0.717, 1.165) is 31.9 Å².